The molecule has 0 spiro atoms. The van der Waals surface area contributed by atoms with Crippen LogP contribution < -0.4 is 20.1 Å². The molecule has 9 nitrogen and oxygen atoms in total. The van der Waals surface area contributed by atoms with E-state index in [0.717, 1.165) is 6.07 Å². The lowest BCUT2D eigenvalue weighted by atomic mass is 10.1. The first kappa shape index (κ1) is 20.8. The molecule has 2 aromatic carbocycles. The number of benzene rings is 2. The number of hydrogen-bond donors (Lipinski definition) is 2. The van der Waals surface area contributed by atoms with E-state index in [9.17, 15) is 19.7 Å². The molecule has 0 bridgehead atoms. The maximum atomic E-state index is 12.6. The number of amides is 2. The van der Waals surface area contributed by atoms with Gasteiger partial charge in [0.15, 0.2) is 11.5 Å². The molecule has 0 aliphatic carbocycles. The molecule has 0 aliphatic heterocycles. The topological polar surface area (TPSA) is 120 Å². The Kier molecular flexibility index (Phi) is 6.28. The Hall–Kier alpha value is -3.92. The fourth-order valence-electron chi connectivity index (χ4n) is 2.64. The van der Waals surface area contributed by atoms with Gasteiger partial charge in [-0.2, -0.15) is 0 Å². The van der Waals surface area contributed by atoms with Crippen LogP contribution in [0.5, 0.6) is 11.5 Å². The Morgan fingerprint density at radius 3 is 2.00 bits per heavy atom. The second-order valence-electron chi connectivity index (χ2n) is 5.94. The van der Waals surface area contributed by atoms with E-state index in [2.05, 4.69) is 10.6 Å². The molecule has 0 atom stereocenters. The summed E-state index contributed by atoms with van der Waals surface area (Å²) < 4.78 is 10.2. The lowest BCUT2D eigenvalue weighted by molar-refractivity contribution is -0.385. The summed E-state index contributed by atoms with van der Waals surface area (Å²) in [6, 6.07) is 12.3. The monoisotopic (exact) mass is 427 g/mol. The van der Waals surface area contributed by atoms with Crippen molar-refractivity contribution < 1.29 is 24.0 Å². The fraction of sp³-hybridized carbons (Fsp3) is 0.100. The number of thiophene rings is 1. The minimum absolute atomic E-state index is 0.145. The van der Waals surface area contributed by atoms with E-state index in [0.29, 0.717) is 16.3 Å². The molecule has 1 heterocycles. The number of hydrogen-bond acceptors (Lipinski definition) is 7. The lowest BCUT2D eigenvalue weighted by Crippen LogP contribution is -2.15. The Labute approximate surface area is 175 Å². The van der Waals surface area contributed by atoms with Crippen LogP contribution >= 0.6 is 11.3 Å². The largest absolute Gasteiger partial charge is 0.493 e. The van der Waals surface area contributed by atoms with Gasteiger partial charge in [-0.3, -0.25) is 19.7 Å². The van der Waals surface area contributed by atoms with Gasteiger partial charge < -0.3 is 20.1 Å². The molecule has 1 aromatic heterocycles. The Bertz CT molecular complexity index is 1080. The molecule has 2 N–H and O–H groups in total. The van der Waals surface area contributed by atoms with Gasteiger partial charge in [0.05, 0.1) is 30.1 Å². The summed E-state index contributed by atoms with van der Waals surface area (Å²) >= 11 is 1.33. The van der Waals surface area contributed by atoms with Crippen molar-refractivity contribution in [1.82, 2.24) is 0 Å². The Morgan fingerprint density at radius 1 is 0.933 bits per heavy atom. The average Bonchev–Trinajstić information content (AvgIpc) is 3.29. The highest BCUT2D eigenvalue weighted by Gasteiger charge is 2.24. The van der Waals surface area contributed by atoms with E-state index < -0.39 is 16.5 Å². The number of carbonyl (C=O) groups excluding carboxylic acids is 2. The van der Waals surface area contributed by atoms with Crippen molar-refractivity contribution in [3.63, 3.8) is 0 Å². The van der Waals surface area contributed by atoms with Crippen LogP contribution in [0.4, 0.5) is 17.1 Å². The number of nitro benzene ring substituents is 1. The van der Waals surface area contributed by atoms with Crippen molar-refractivity contribution in [3.05, 3.63) is 74.5 Å². The van der Waals surface area contributed by atoms with Gasteiger partial charge in [-0.15, -0.1) is 11.3 Å². The zero-order chi connectivity index (χ0) is 21.7. The number of rotatable bonds is 7. The highest BCUT2D eigenvalue weighted by atomic mass is 32.1. The van der Waals surface area contributed by atoms with Gasteiger partial charge in [0.1, 0.15) is 5.56 Å². The normalized spacial score (nSPS) is 10.2. The highest BCUT2D eigenvalue weighted by molar-refractivity contribution is 7.12. The number of methoxy groups -OCH3 is 2. The standard InChI is InChI=1S/C20H17N3O6S/c1-28-16-10-14(15(23(26)27)11-17(16)29-2)19(24)21-12-5-7-13(8-6-12)22-20(25)18-4-3-9-30-18/h3-11H,1-2H3,(H,21,24)(H,22,25). The van der Waals surface area contributed by atoms with E-state index in [1.54, 1.807) is 41.8 Å². The van der Waals surface area contributed by atoms with Gasteiger partial charge >= 0.3 is 0 Å². The molecule has 10 heteroatoms. The summed E-state index contributed by atoms with van der Waals surface area (Å²) in [5, 5.41) is 18.5. The van der Waals surface area contributed by atoms with E-state index >= 15 is 0 Å². The summed E-state index contributed by atoms with van der Waals surface area (Å²) in [7, 11) is 2.72. The van der Waals surface area contributed by atoms with Crippen molar-refractivity contribution >= 4 is 40.2 Å². The predicted molar refractivity (Wildman–Crippen MR) is 113 cm³/mol. The summed E-state index contributed by atoms with van der Waals surface area (Å²) in [5.74, 6) is -0.577. The third kappa shape index (κ3) is 4.55. The second-order valence-corrected chi connectivity index (χ2v) is 6.89. The average molecular weight is 427 g/mol. The maximum Gasteiger partial charge on any atom is 0.286 e. The van der Waals surface area contributed by atoms with Gasteiger partial charge in [-0.25, -0.2) is 0 Å². The molecule has 0 unspecified atom stereocenters. The van der Waals surface area contributed by atoms with Crippen molar-refractivity contribution in [3.8, 4) is 11.5 Å². The molecule has 0 saturated heterocycles. The summed E-state index contributed by atoms with van der Waals surface area (Å²) in [4.78, 5) is 36.0. The van der Waals surface area contributed by atoms with Gasteiger partial charge in [-0.1, -0.05) is 6.07 Å². The van der Waals surface area contributed by atoms with Crippen molar-refractivity contribution in [2.24, 2.45) is 0 Å². The Morgan fingerprint density at radius 2 is 1.50 bits per heavy atom. The van der Waals surface area contributed by atoms with Crippen LogP contribution in [0.15, 0.2) is 53.9 Å². The Balaban J connectivity index is 1.77. The molecule has 3 aromatic rings. The molecular weight excluding hydrogens is 410 g/mol. The van der Waals surface area contributed by atoms with Gasteiger partial charge in [-0.05, 0) is 35.7 Å². The summed E-state index contributed by atoms with van der Waals surface area (Å²) in [5.41, 5.74) is 0.361. The van der Waals surface area contributed by atoms with Gasteiger partial charge in [0, 0.05) is 17.4 Å². The van der Waals surface area contributed by atoms with Crippen molar-refractivity contribution in [2.75, 3.05) is 24.9 Å². The summed E-state index contributed by atoms with van der Waals surface area (Å²) in [6.07, 6.45) is 0. The van der Waals surface area contributed by atoms with E-state index in [-0.39, 0.29) is 23.0 Å². The zero-order valence-corrected chi connectivity index (χ0v) is 16.8. The smallest absolute Gasteiger partial charge is 0.286 e. The molecule has 0 fully saturated rings. The van der Waals surface area contributed by atoms with E-state index in [1.165, 1.54) is 31.6 Å². The maximum absolute atomic E-state index is 12.6. The van der Waals surface area contributed by atoms with E-state index in [1.807, 2.05) is 0 Å². The second kappa shape index (κ2) is 9.05. The minimum Gasteiger partial charge on any atom is -0.493 e. The SMILES string of the molecule is COc1cc(C(=O)Nc2ccc(NC(=O)c3cccs3)cc2)c([N+](=O)[O-])cc1OC. The molecule has 3 rings (SSSR count). The first-order valence-electron chi connectivity index (χ1n) is 8.59. The number of nitro groups is 1. The van der Waals surface area contributed by atoms with Gasteiger partial charge in [0.25, 0.3) is 17.5 Å². The predicted octanol–water partition coefficient (Wildman–Crippen LogP) is 4.18. The minimum atomic E-state index is -0.682. The van der Waals surface area contributed by atoms with Crippen molar-refractivity contribution in [1.29, 1.82) is 0 Å². The number of nitrogens with zero attached hydrogens (tertiary/aromatic N) is 1. The van der Waals surface area contributed by atoms with Crippen LogP contribution in [-0.4, -0.2) is 31.0 Å². The lowest BCUT2D eigenvalue weighted by Gasteiger charge is -2.11. The fourth-order valence-corrected chi connectivity index (χ4v) is 3.26. The number of anilines is 2. The zero-order valence-electron chi connectivity index (χ0n) is 16.0. The quantitative estimate of drug-likeness (QED) is 0.431. The molecule has 30 heavy (non-hydrogen) atoms. The van der Waals surface area contributed by atoms with Crippen LogP contribution in [0.25, 0.3) is 0 Å². The highest BCUT2D eigenvalue weighted by Crippen LogP contribution is 2.34. The number of carbonyl (C=O) groups is 2. The third-order valence-corrected chi connectivity index (χ3v) is 4.96. The molecule has 0 saturated carbocycles. The molecule has 2 amide bonds. The first-order chi connectivity index (χ1) is 14.4. The van der Waals surface area contributed by atoms with E-state index in [4.69, 9.17) is 9.47 Å². The summed E-state index contributed by atoms with van der Waals surface area (Å²) in [6.45, 7) is 0. The van der Waals surface area contributed by atoms with Crippen LogP contribution in [0.3, 0.4) is 0 Å². The van der Waals surface area contributed by atoms with Crippen LogP contribution in [0.1, 0.15) is 20.0 Å². The number of nitrogens with one attached hydrogen (secondary N) is 2. The van der Waals surface area contributed by atoms with Gasteiger partial charge in [0.2, 0.25) is 0 Å². The first-order valence-corrected chi connectivity index (χ1v) is 9.47. The molecule has 0 radical (unpaired) electrons. The van der Waals surface area contributed by atoms with Crippen molar-refractivity contribution in [2.45, 2.75) is 0 Å². The third-order valence-electron chi connectivity index (χ3n) is 4.09. The van der Waals surface area contributed by atoms with Crippen LogP contribution in [0.2, 0.25) is 0 Å². The number of ether oxygens (including phenoxy) is 2. The molecule has 154 valence electrons. The van der Waals surface area contributed by atoms with Crippen LogP contribution in [-0.2, 0) is 0 Å². The van der Waals surface area contributed by atoms with Crippen LogP contribution in [0, 0.1) is 10.1 Å². The molecule has 0 aliphatic rings. The molecular formula is C20H17N3O6S.